The monoisotopic (exact) mass is 381 g/mol. The number of thiophene rings is 1. The molecule has 0 aliphatic carbocycles. The number of hydrogen-bond donors (Lipinski definition) is 2. The maximum Gasteiger partial charge on any atom is 0.211 e. The van der Waals surface area contributed by atoms with Crippen LogP contribution in [0, 0.1) is 5.92 Å². The van der Waals surface area contributed by atoms with Crippen molar-refractivity contribution in [3.8, 4) is 0 Å². The minimum atomic E-state index is -3.09. The van der Waals surface area contributed by atoms with E-state index in [1.165, 1.54) is 11.1 Å². The van der Waals surface area contributed by atoms with E-state index in [-0.39, 0.29) is 6.04 Å². The van der Waals surface area contributed by atoms with E-state index in [0.717, 1.165) is 23.0 Å². The summed E-state index contributed by atoms with van der Waals surface area (Å²) in [7, 11) is -3.09. The van der Waals surface area contributed by atoms with Gasteiger partial charge in [-0.15, -0.1) is 11.3 Å². The minimum absolute atomic E-state index is 0.0795. The minimum Gasteiger partial charge on any atom is -0.271 e. The molecule has 1 fully saturated rings. The molecule has 114 valence electrons. The summed E-state index contributed by atoms with van der Waals surface area (Å²) in [5, 5.41) is 0. The van der Waals surface area contributed by atoms with Crippen molar-refractivity contribution in [3.63, 3.8) is 0 Å². The molecule has 3 N–H and O–H groups in total. The lowest BCUT2D eigenvalue weighted by Gasteiger charge is -2.32. The van der Waals surface area contributed by atoms with Crippen molar-refractivity contribution < 1.29 is 8.42 Å². The summed E-state index contributed by atoms with van der Waals surface area (Å²) >= 11 is 5.11. The van der Waals surface area contributed by atoms with Crippen LogP contribution in [0.15, 0.2) is 15.9 Å². The van der Waals surface area contributed by atoms with Crippen LogP contribution in [0.3, 0.4) is 0 Å². The third kappa shape index (κ3) is 4.25. The Hall–Kier alpha value is 0.01000. The van der Waals surface area contributed by atoms with Crippen LogP contribution < -0.4 is 11.3 Å². The average molecular weight is 382 g/mol. The molecule has 1 aliphatic rings. The summed E-state index contributed by atoms with van der Waals surface area (Å²) < 4.78 is 25.9. The van der Waals surface area contributed by atoms with Crippen molar-refractivity contribution in [3.05, 3.63) is 20.8 Å². The lowest BCUT2D eigenvalue weighted by Crippen LogP contribution is -2.40. The topological polar surface area (TPSA) is 75.4 Å². The highest BCUT2D eigenvalue weighted by Gasteiger charge is 2.28. The molecule has 0 bridgehead atoms. The molecule has 1 aromatic rings. The number of halogens is 1. The number of piperidine rings is 1. The molecule has 2 rings (SSSR count). The molecule has 0 spiro atoms. The third-order valence-electron chi connectivity index (χ3n) is 3.66. The van der Waals surface area contributed by atoms with Crippen LogP contribution in [0.4, 0.5) is 0 Å². The van der Waals surface area contributed by atoms with E-state index in [4.69, 9.17) is 5.84 Å². The zero-order chi connectivity index (χ0) is 14.8. The first-order chi connectivity index (χ1) is 9.40. The predicted octanol–water partition coefficient (Wildman–Crippen LogP) is 2.08. The molecule has 0 amide bonds. The molecular formula is C12H20BrN3O2S2. The van der Waals surface area contributed by atoms with Crippen LogP contribution in [0.1, 0.15) is 30.2 Å². The van der Waals surface area contributed by atoms with Crippen LogP contribution in [0.2, 0.25) is 0 Å². The molecule has 0 saturated carbocycles. The molecule has 1 aromatic heterocycles. The van der Waals surface area contributed by atoms with Gasteiger partial charge in [0.2, 0.25) is 10.0 Å². The van der Waals surface area contributed by atoms with E-state index in [1.807, 2.05) is 6.07 Å². The quantitative estimate of drug-likeness (QED) is 0.604. The van der Waals surface area contributed by atoms with Crippen LogP contribution in [0.25, 0.3) is 0 Å². The highest BCUT2D eigenvalue weighted by Crippen LogP contribution is 2.33. The fourth-order valence-electron chi connectivity index (χ4n) is 2.64. The molecule has 2 heterocycles. The van der Waals surface area contributed by atoms with Crippen molar-refractivity contribution >= 4 is 37.3 Å². The van der Waals surface area contributed by atoms with Crippen LogP contribution in [0.5, 0.6) is 0 Å². The predicted molar refractivity (Wildman–Crippen MR) is 85.8 cm³/mol. The zero-order valence-corrected chi connectivity index (χ0v) is 14.6. The molecule has 1 saturated heterocycles. The van der Waals surface area contributed by atoms with Gasteiger partial charge in [-0.2, -0.15) is 0 Å². The Morgan fingerprint density at radius 1 is 1.60 bits per heavy atom. The Balaban J connectivity index is 2.01. The van der Waals surface area contributed by atoms with Gasteiger partial charge in [0.25, 0.3) is 0 Å². The van der Waals surface area contributed by atoms with Crippen molar-refractivity contribution in [2.75, 3.05) is 19.3 Å². The summed E-state index contributed by atoms with van der Waals surface area (Å²) in [5.41, 5.74) is 2.85. The summed E-state index contributed by atoms with van der Waals surface area (Å²) in [6.07, 6.45) is 4.11. The second-order valence-corrected chi connectivity index (χ2v) is 9.70. The highest BCUT2D eigenvalue weighted by molar-refractivity contribution is 9.11. The third-order valence-corrected chi connectivity index (χ3v) is 6.67. The zero-order valence-electron chi connectivity index (χ0n) is 11.4. The molecule has 1 aliphatic heterocycles. The van der Waals surface area contributed by atoms with Crippen LogP contribution in [-0.4, -0.2) is 32.1 Å². The Bertz CT molecular complexity index is 547. The fraction of sp³-hybridized carbons (Fsp3) is 0.667. The first-order valence-corrected chi connectivity index (χ1v) is 10.0. The molecule has 20 heavy (non-hydrogen) atoms. The number of hydrazine groups is 1. The molecule has 0 radical (unpaired) electrons. The van der Waals surface area contributed by atoms with Gasteiger partial charge >= 0.3 is 0 Å². The van der Waals surface area contributed by atoms with E-state index >= 15 is 0 Å². The summed E-state index contributed by atoms with van der Waals surface area (Å²) in [6.45, 7) is 1.24. The Labute approximate surface area is 132 Å². The van der Waals surface area contributed by atoms with Gasteiger partial charge in [0, 0.05) is 18.0 Å². The van der Waals surface area contributed by atoms with Gasteiger partial charge in [0.15, 0.2) is 0 Å². The van der Waals surface area contributed by atoms with Gasteiger partial charge in [-0.25, -0.2) is 12.7 Å². The second kappa shape index (κ2) is 6.85. The van der Waals surface area contributed by atoms with Crippen LogP contribution in [-0.2, 0) is 10.0 Å². The van der Waals surface area contributed by atoms with Crippen LogP contribution >= 0.6 is 27.3 Å². The number of nitrogens with zero attached hydrogens (tertiary/aromatic N) is 1. The Morgan fingerprint density at radius 2 is 2.35 bits per heavy atom. The lowest BCUT2D eigenvalue weighted by molar-refractivity contribution is 0.239. The SMILES string of the molecule is CS(=O)(=O)N1CCCC(CC(NN)c2ccc(Br)s2)C1. The molecule has 8 heteroatoms. The van der Waals surface area contributed by atoms with Crippen molar-refractivity contribution in [1.82, 2.24) is 9.73 Å². The molecule has 0 aromatic carbocycles. The molecule has 2 unspecified atom stereocenters. The van der Waals surface area contributed by atoms with E-state index in [1.54, 1.807) is 15.6 Å². The van der Waals surface area contributed by atoms with Crippen molar-refractivity contribution in [2.24, 2.45) is 11.8 Å². The highest BCUT2D eigenvalue weighted by atomic mass is 79.9. The van der Waals surface area contributed by atoms with Gasteiger partial charge in [-0.1, -0.05) is 0 Å². The Kier molecular flexibility index (Phi) is 5.61. The standard InChI is InChI=1S/C12H20BrN3O2S2/c1-20(17,18)16-6-2-3-9(8-16)7-10(15-14)11-4-5-12(13)19-11/h4-5,9-10,15H,2-3,6-8,14H2,1H3. The largest absolute Gasteiger partial charge is 0.271 e. The average Bonchev–Trinajstić information content (AvgIpc) is 2.82. The summed E-state index contributed by atoms with van der Waals surface area (Å²) in [5.74, 6) is 6.01. The number of nitrogens with two attached hydrogens (primary N) is 1. The first kappa shape index (κ1) is 16.4. The normalized spacial score (nSPS) is 22.9. The first-order valence-electron chi connectivity index (χ1n) is 6.56. The summed E-state index contributed by atoms with van der Waals surface area (Å²) in [4.78, 5) is 1.18. The smallest absolute Gasteiger partial charge is 0.211 e. The number of rotatable bonds is 5. The maximum absolute atomic E-state index is 11.6. The maximum atomic E-state index is 11.6. The number of nitrogens with one attached hydrogen (secondary N) is 1. The van der Waals surface area contributed by atoms with E-state index in [9.17, 15) is 8.42 Å². The fourth-order valence-corrected chi connectivity index (χ4v) is 5.07. The number of hydrogen-bond acceptors (Lipinski definition) is 5. The van der Waals surface area contributed by atoms with Gasteiger partial charge in [-0.05, 0) is 53.2 Å². The van der Waals surface area contributed by atoms with Gasteiger partial charge in [0.1, 0.15) is 0 Å². The second-order valence-electron chi connectivity index (χ2n) is 5.23. The summed E-state index contributed by atoms with van der Waals surface area (Å²) in [6, 6.07) is 4.14. The molecular weight excluding hydrogens is 362 g/mol. The van der Waals surface area contributed by atoms with Gasteiger partial charge < -0.3 is 0 Å². The number of sulfonamides is 1. The Morgan fingerprint density at radius 3 is 2.90 bits per heavy atom. The van der Waals surface area contributed by atoms with Gasteiger partial charge in [0.05, 0.1) is 16.1 Å². The van der Waals surface area contributed by atoms with Gasteiger partial charge in [-0.3, -0.25) is 11.3 Å². The lowest BCUT2D eigenvalue weighted by atomic mass is 9.92. The van der Waals surface area contributed by atoms with E-state index in [0.29, 0.717) is 19.0 Å². The molecule has 2 atom stereocenters. The molecule has 5 nitrogen and oxygen atoms in total. The van der Waals surface area contributed by atoms with E-state index < -0.39 is 10.0 Å². The van der Waals surface area contributed by atoms with Crippen molar-refractivity contribution in [1.29, 1.82) is 0 Å². The van der Waals surface area contributed by atoms with E-state index in [2.05, 4.69) is 27.4 Å². The van der Waals surface area contributed by atoms with Crippen molar-refractivity contribution in [2.45, 2.75) is 25.3 Å².